The Kier molecular flexibility index (Phi) is 6.02. The van der Waals surface area contributed by atoms with E-state index < -0.39 is 34.9 Å². The summed E-state index contributed by atoms with van der Waals surface area (Å²) in [5.41, 5.74) is 0.901. The molecule has 204 valence electrons. The molecule has 0 N–H and O–H groups in total. The van der Waals surface area contributed by atoms with Crippen LogP contribution in [0.4, 0.5) is 0 Å². The molecule has 3 aromatic carbocycles. The van der Waals surface area contributed by atoms with Crippen LogP contribution >= 0.6 is 0 Å². The number of rotatable bonds is 5. The highest BCUT2D eigenvalue weighted by Crippen LogP contribution is 2.59. The SMILES string of the molecule is COc1ccc([C@H]2[C@H](C(=O)C(C)(C)C)N3N=Cc4ccccc4C3[C@]23N=C(c2ccccc2)OC3=O)cc1OC. The first-order valence-electron chi connectivity index (χ1n) is 13.3. The maximum atomic E-state index is 14.3. The van der Waals surface area contributed by atoms with Gasteiger partial charge in [-0.3, -0.25) is 9.80 Å². The summed E-state index contributed by atoms with van der Waals surface area (Å²) in [7, 11) is 3.13. The van der Waals surface area contributed by atoms with Crippen LogP contribution < -0.4 is 9.47 Å². The number of Topliss-reactive ketones (excluding diaryl/α,β-unsaturated/α-hetero) is 1. The van der Waals surface area contributed by atoms with E-state index in [4.69, 9.17) is 24.3 Å². The first-order chi connectivity index (χ1) is 19.2. The zero-order valence-electron chi connectivity index (χ0n) is 23.1. The molecular weight excluding hydrogens is 506 g/mol. The van der Waals surface area contributed by atoms with Crippen molar-refractivity contribution in [2.75, 3.05) is 14.2 Å². The van der Waals surface area contributed by atoms with E-state index in [0.717, 1.165) is 11.1 Å². The van der Waals surface area contributed by atoms with Gasteiger partial charge in [-0.1, -0.05) is 69.3 Å². The van der Waals surface area contributed by atoms with Crippen LogP contribution in [0.2, 0.25) is 0 Å². The van der Waals surface area contributed by atoms with E-state index in [2.05, 4.69) is 0 Å². The second-order valence-electron chi connectivity index (χ2n) is 11.3. The van der Waals surface area contributed by atoms with Gasteiger partial charge >= 0.3 is 5.97 Å². The van der Waals surface area contributed by atoms with Gasteiger partial charge in [0.2, 0.25) is 5.90 Å². The maximum absolute atomic E-state index is 14.3. The van der Waals surface area contributed by atoms with Gasteiger partial charge in [-0.05, 0) is 41.0 Å². The van der Waals surface area contributed by atoms with E-state index in [1.165, 1.54) is 0 Å². The molecule has 1 saturated heterocycles. The fourth-order valence-electron chi connectivity index (χ4n) is 6.13. The quantitative estimate of drug-likeness (QED) is 0.430. The number of benzene rings is 3. The van der Waals surface area contributed by atoms with Crippen molar-refractivity contribution in [2.24, 2.45) is 15.5 Å². The van der Waals surface area contributed by atoms with E-state index in [-0.39, 0.29) is 11.7 Å². The smallest absolute Gasteiger partial charge is 0.344 e. The topological polar surface area (TPSA) is 89.8 Å². The van der Waals surface area contributed by atoms with Gasteiger partial charge in [0.1, 0.15) is 12.1 Å². The van der Waals surface area contributed by atoms with Gasteiger partial charge in [-0.2, -0.15) is 5.10 Å². The third kappa shape index (κ3) is 3.73. The third-order valence-corrected chi connectivity index (χ3v) is 7.98. The molecule has 8 heteroatoms. The molecule has 1 unspecified atom stereocenters. The summed E-state index contributed by atoms with van der Waals surface area (Å²) < 4.78 is 17.1. The van der Waals surface area contributed by atoms with Gasteiger partial charge in [-0.15, -0.1) is 0 Å². The van der Waals surface area contributed by atoms with Gasteiger partial charge < -0.3 is 14.2 Å². The number of hydrogen-bond donors (Lipinski definition) is 0. The molecule has 1 fully saturated rings. The number of methoxy groups -OCH3 is 2. The largest absolute Gasteiger partial charge is 0.493 e. The van der Waals surface area contributed by atoms with Crippen LogP contribution in [-0.4, -0.2) is 54.7 Å². The van der Waals surface area contributed by atoms with Crippen LogP contribution in [0.15, 0.2) is 82.9 Å². The molecule has 0 saturated carbocycles. The molecule has 3 aromatic rings. The Morgan fingerprint density at radius 2 is 1.65 bits per heavy atom. The average Bonchev–Trinajstić information content (AvgIpc) is 3.46. The van der Waals surface area contributed by atoms with Crippen LogP contribution in [0.5, 0.6) is 11.5 Å². The molecule has 0 aliphatic carbocycles. The zero-order chi connectivity index (χ0) is 28.2. The number of esters is 1. The lowest BCUT2D eigenvalue weighted by molar-refractivity contribution is -0.140. The summed E-state index contributed by atoms with van der Waals surface area (Å²) >= 11 is 0. The molecule has 0 radical (unpaired) electrons. The lowest BCUT2D eigenvalue weighted by Gasteiger charge is -2.35. The zero-order valence-corrected chi connectivity index (χ0v) is 23.1. The minimum atomic E-state index is -1.50. The van der Waals surface area contributed by atoms with E-state index in [1.807, 2.05) is 87.5 Å². The van der Waals surface area contributed by atoms with Crippen LogP contribution in [0.1, 0.15) is 55.0 Å². The van der Waals surface area contributed by atoms with Crippen molar-refractivity contribution < 1.29 is 23.8 Å². The van der Waals surface area contributed by atoms with Crippen LogP contribution in [0.3, 0.4) is 0 Å². The molecule has 40 heavy (non-hydrogen) atoms. The molecule has 0 amide bonds. The predicted molar refractivity (Wildman–Crippen MR) is 151 cm³/mol. The average molecular weight is 538 g/mol. The highest BCUT2D eigenvalue weighted by atomic mass is 16.6. The van der Waals surface area contributed by atoms with E-state index in [0.29, 0.717) is 22.6 Å². The molecule has 3 aliphatic rings. The van der Waals surface area contributed by atoms with Crippen molar-refractivity contribution in [3.05, 3.63) is 95.1 Å². The number of hydrazone groups is 1. The van der Waals surface area contributed by atoms with Crippen LogP contribution in [-0.2, 0) is 14.3 Å². The molecule has 0 bridgehead atoms. The number of hydrogen-bond acceptors (Lipinski definition) is 8. The van der Waals surface area contributed by atoms with Crippen molar-refractivity contribution in [2.45, 2.75) is 44.3 Å². The highest BCUT2D eigenvalue weighted by Gasteiger charge is 2.71. The Labute approximate surface area is 233 Å². The monoisotopic (exact) mass is 537 g/mol. The number of cyclic esters (lactones) is 1. The summed E-state index contributed by atoms with van der Waals surface area (Å²) in [4.78, 5) is 33.8. The van der Waals surface area contributed by atoms with Crippen molar-refractivity contribution in [3.63, 3.8) is 0 Å². The van der Waals surface area contributed by atoms with Gasteiger partial charge in [-0.25, -0.2) is 9.79 Å². The van der Waals surface area contributed by atoms with Crippen LogP contribution in [0, 0.1) is 5.41 Å². The maximum Gasteiger partial charge on any atom is 0.344 e. The van der Waals surface area contributed by atoms with Gasteiger partial charge in [0.05, 0.1) is 26.4 Å². The minimum Gasteiger partial charge on any atom is -0.493 e. The van der Waals surface area contributed by atoms with Crippen molar-refractivity contribution in [3.8, 4) is 11.5 Å². The number of nitrogens with zero attached hydrogens (tertiary/aromatic N) is 3. The van der Waals surface area contributed by atoms with Crippen LogP contribution in [0.25, 0.3) is 0 Å². The molecule has 8 nitrogen and oxygen atoms in total. The Bertz CT molecular complexity index is 1560. The molecular formula is C32H31N3O5. The fourth-order valence-corrected chi connectivity index (χ4v) is 6.13. The van der Waals surface area contributed by atoms with E-state index in [9.17, 15) is 9.59 Å². The van der Waals surface area contributed by atoms with E-state index in [1.54, 1.807) is 31.5 Å². The lowest BCUT2D eigenvalue weighted by atomic mass is 9.70. The Balaban J connectivity index is 1.67. The summed E-state index contributed by atoms with van der Waals surface area (Å²) in [5, 5.41) is 6.58. The summed E-state index contributed by atoms with van der Waals surface area (Å²) in [5.74, 6) is -0.0443. The van der Waals surface area contributed by atoms with Crippen molar-refractivity contribution >= 4 is 23.9 Å². The number of ether oxygens (including phenoxy) is 3. The number of carbonyl (C=O) groups is 2. The Morgan fingerprint density at radius 3 is 2.35 bits per heavy atom. The molecule has 3 heterocycles. The first kappa shape index (κ1) is 25.8. The summed E-state index contributed by atoms with van der Waals surface area (Å²) in [6.45, 7) is 5.65. The summed E-state index contributed by atoms with van der Waals surface area (Å²) in [6.07, 6.45) is 1.75. The van der Waals surface area contributed by atoms with Gasteiger partial charge in [0.25, 0.3) is 0 Å². The van der Waals surface area contributed by atoms with Crippen molar-refractivity contribution in [1.29, 1.82) is 0 Å². The van der Waals surface area contributed by atoms with Crippen molar-refractivity contribution in [1.82, 2.24) is 5.01 Å². The molecule has 0 aromatic heterocycles. The first-order valence-corrected chi connectivity index (χ1v) is 13.3. The summed E-state index contributed by atoms with van der Waals surface area (Å²) in [6, 6.07) is 21.1. The Hall–Kier alpha value is -4.46. The highest BCUT2D eigenvalue weighted by molar-refractivity contribution is 6.10. The van der Waals surface area contributed by atoms with Gasteiger partial charge in [0, 0.05) is 11.0 Å². The predicted octanol–water partition coefficient (Wildman–Crippen LogP) is 4.92. The second kappa shape index (κ2) is 9.33. The lowest BCUT2D eigenvalue weighted by Crippen LogP contribution is -2.45. The second-order valence-corrected chi connectivity index (χ2v) is 11.3. The molecule has 6 rings (SSSR count). The number of ketones is 1. The standard InChI is InChI=1S/C32H31N3O5/c1-31(2,3)28(36)26-25(20-15-16-23(38-4)24(17-20)39-5)32(27-22-14-10-9-13-21(22)18-33-35(26)27)30(37)40-29(34-32)19-11-7-6-8-12-19/h6-18,25-27H,1-5H3/t25-,26+,27?,32+/m0/s1. The Morgan fingerprint density at radius 1 is 0.950 bits per heavy atom. The van der Waals surface area contributed by atoms with Gasteiger partial charge in [0.15, 0.2) is 22.8 Å². The minimum absolute atomic E-state index is 0.0538. The molecule has 1 spiro atoms. The number of fused-ring (bicyclic) bond motifs is 4. The number of aliphatic imine (C=N–C) groups is 1. The normalized spacial score (nSPS) is 24.8. The fraction of sp³-hybridized carbons (Fsp3) is 0.312. The van der Waals surface area contributed by atoms with E-state index >= 15 is 0 Å². The number of carbonyl (C=O) groups excluding carboxylic acids is 2. The third-order valence-electron chi connectivity index (χ3n) is 7.98. The molecule has 4 atom stereocenters. The molecule has 3 aliphatic heterocycles.